The number of halogens is 1. The van der Waals surface area contributed by atoms with Crippen molar-refractivity contribution in [2.24, 2.45) is 0 Å². The van der Waals surface area contributed by atoms with Crippen molar-refractivity contribution < 1.29 is 9.72 Å². The van der Waals surface area contributed by atoms with Crippen LogP contribution in [0.1, 0.15) is 29.1 Å². The van der Waals surface area contributed by atoms with Gasteiger partial charge in [-0.15, -0.1) is 0 Å². The van der Waals surface area contributed by atoms with Crippen molar-refractivity contribution in [1.82, 2.24) is 20.5 Å². The van der Waals surface area contributed by atoms with Crippen molar-refractivity contribution in [2.75, 3.05) is 0 Å². The lowest BCUT2D eigenvalue weighted by molar-refractivity contribution is -0.384. The van der Waals surface area contributed by atoms with Gasteiger partial charge in [-0.2, -0.15) is 5.10 Å². The molecule has 0 bridgehead atoms. The molecule has 0 saturated carbocycles. The lowest BCUT2D eigenvalue weighted by Crippen LogP contribution is -2.27. The van der Waals surface area contributed by atoms with Gasteiger partial charge in [0.2, 0.25) is 0 Å². The van der Waals surface area contributed by atoms with E-state index in [1.54, 1.807) is 6.92 Å². The Bertz CT molecular complexity index is 644. The zero-order valence-corrected chi connectivity index (χ0v) is 11.1. The topological polar surface area (TPSA) is 114 Å². The number of nitro groups is 1. The largest absolute Gasteiger partial charge is 0.342 e. The summed E-state index contributed by atoms with van der Waals surface area (Å²) in [6.07, 6.45) is 1.33. The Morgan fingerprint density at radius 1 is 1.55 bits per heavy atom. The van der Waals surface area contributed by atoms with Gasteiger partial charge in [-0.05, 0) is 19.1 Å². The van der Waals surface area contributed by atoms with Crippen LogP contribution in [0.4, 0.5) is 5.69 Å². The molecule has 2 rings (SSSR count). The summed E-state index contributed by atoms with van der Waals surface area (Å²) in [6, 6.07) is 3.41. The average Bonchev–Trinajstić information content (AvgIpc) is 2.91. The molecular formula is C11H10ClN5O3. The molecule has 0 radical (unpaired) electrons. The van der Waals surface area contributed by atoms with Gasteiger partial charge in [0, 0.05) is 11.6 Å². The molecule has 1 heterocycles. The summed E-state index contributed by atoms with van der Waals surface area (Å²) in [5.41, 5.74) is -0.0153. The predicted molar refractivity (Wildman–Crippen MR) is 70.4 cm³/mol. The first-order valence-corrected chi connectivity index (χ1v) is 5.97. The number of amides is 1. The number of nitrogens with one attached hydrogen (secondary N) is 2. The van der Waals surface area contributed by atoms with Gasteiger partial charge in [0.15, 0.2) is 0 Å². The SMILES string of the molecule is CC(NC(=O)c1ccc([N+](=O)[O-])c(Cl)c1)c1ncn[nH]1. The standard InChI is InChI=1S/C11H10ClN5O3/c1-6(10-13-5-14-16-10)15-11(18)7-2-3-9(17(19)20)8(12)4-7/h2-6H,1H3,(H,15,18)(H,13,14,16). The number of benzene rings is 1. The van der Waals surface area contributed by atoms with E-state index in [2.05, 4.69) is 20.5 Å². The monoisotopic (exact) mass is 295 g/mol. The Morgan fingerprint density at radius 3 is 2.85 bits per heavy atom. The van der Waals surface area contributed by atoms with Crippen molar-refractivity contribution in [2.45, 2.75) is 13.0 Å². The van der Waals surface area contributed by atoms with Gasteiger partial charge in [0.1, 0.15) is 17.2 Å². The Balaban J connectivity index is 2.14. The van der Waals surface area contributed by atoms with Gasteiger partial charge in [-0.3, -0.25) is 20.0 Å². The number of carbonyl (C=O) groups is 1. The predicted octanol–water partition coefficient (Wildman–Crippen LogP) is 1.86. The first-order valence-electron chi connectivity index (χ1n) is 5.59. The maximum Gasteiger partial charge on any atom is 0.287 e. The number of hydrogen-bond donors (Lipinski definition) is 2. The van der Waals surface area contributed by atoms with E-state index in [0.717, 1.165) is 0 Å². The molecule has 1 atom stereocenters. The van der Waals surface area contributed by atoms with Crippen LogP contribution in [0.25, 0.3) is 0 Å². The highest BCUT2D eigenvalue weighted by Gasteiger charge is 2.17. The van der Waals surface area contributed by atoms with E-state index >= 15 is 0 Å². The maximum atomic E-state index is 12.0. The Morgan fingerprint density at radius 2 is 2.30 bits per heavy atom. The zero-order valence-electron chi connectivity index (χ0n) is 10.3. The van der Waals surface area contributed by atoms with Crippen LogP contribution >= 0.6 is 11.6 Å². The van der Waals surface area contributed by atoms with E-state index in [1.807, 2.05) is 0 Å². The Hall–Kier alpha value is -2.48. The van der Waals surface area contributed by atoms with Crippen LogP contribution in [-0.2, 0) is 0 Å². The summed E-state index contributed by atoms with van der Waals surface area (Å²) in [5, 5.41) is 19.5. The van der Waals surface area contributed by atoms with E-state index < -0.39 is 10.8 Å². The fraction of sp³-hybridized carbons (Fsp3) is 0.182. The zero-order chi connectivity index (χ0) is 14.7. The lowest BCUT2D eigenvalue weighted by atomic mass is 10.2. The number of aromatic nitrogens is 3. The van der Waals surface area contributed by atoms with Crippen LogP contribution in [0.5, 0.6) is 0 Å². The number of rotatable bonds is 4. The normalized spacial score (nSPS) is 11.9. The number of H-pyrrole nitrogens is 1. The summed E-state index contributed by atoms with van der Waals surface area (Å²) in [7, 11) is 0. The van der Waals surface area contributed by atoms with E-state index in [9.17, 15) is 14.9 Å². The maximum absolute atomic E-state index is 12.0. The van der Waals surface area contributed by atoms with E-state index in [-0.39, 0.29) is 22.3 Å². The molecule has 2 aromatic rings. The summed E-state index contributed by atoms with van der Waals surface area (Å²) in [4.78, 5) is 25.9. The second-order valence-electron chi connectivity index (χ2n) is 3.99. The van der Waals surface area contributed by atoms with Gasteiger partial charge in [-0.25, -0.2) is 4.98 Å². The van der Waals surface area contributed by atoms with E-state index in [1.165, 1.54) is 24.5 Å². The van der Waals surface area contributed by atoms with Crippen molar-refractivity contribution in [3.63, 3.8) is 0 Å². The van der Waals surface area contributed by atoms with Crippen molar-refractivity contribution in [3.05, 3.63) is 51.1 Å². The minimum Gasteiger partial charge on any atom is -0.342 e. The summed E-state index contributed by atoms with van der Waals surface area (Å²) in [6.45, 7) is 1.73. The summed E-state index contributed by atoms with van der Waals surface area (Å²) in [5.74, 6) is 0.0945. The number of hydrogen-bond acceptors (Lipinski definition) is 5. The number of nitrogens with zero attached hydrogens (tertiary/aromatic N) is 3. The third-order valence-corrected chi connectivity index (χ3v) is 2.90. The molecular weight excluding hydrogens is 286 g/mol. The van der Waals surface area contributed by atoms with E-state index in [0.29, 0.717) is 5.82 Å². The molecule has 8 nitrogen and oxygen atoms in total. The molecule has 1 unspecified atom stereocenters. The molecule has 0 saturated heterocycles. The fourth-order valence-electron chi connectivity index (χ4n) is 1.57. The molecule has 1 amide bonds. The first kappa shape index (κ1) is 13.9. The highest BCUT2D eigenvalue weighted by molar-refractivity contribution is 6.33. The third kappa shape index (κ3) is 2.91. The van der Waals surface area contributed by atoms with Gasteiger partial charge in [0.25, 0.3) is 11.6 Å². The minimum atomic E-state index is -0.610. The molecule has 1 aromatic carbocycles. The van der Waals surface area contributed by atoms with Crippen LogP contribution < -0.4 is 5.32 Å². The molecule has 2 N–H and O–H groups in total. The van der Waals surface area contributed by atoms with Gasteiger partial charge < -0.3 is 5.32 Å². The quantitative estimate of drug-likeness (QED) is 0.660. The average molecular weight is 296 g/mol. The van der Waals surface area contributed by atoms with Crippen molar-refractivity contribution >= 4 is 23.2 Å². The molecule has 20 heavy (non-hydrogen) atoms. The smallest absolute Gasteiger partial charge is 0.287 e. The fourth-order valence-corrected chi connectivity index (χ4v) is 1.82. The molecule has 1 aromatic heterocycles. The number of aromatic amines is 1. The van der Waals surface area contributed by atoms with Crippen LogP contribution in [-0.4, -0.2) is 26.0 Å². The van der Waals surface area contributed by atoms with Gasteiger partial charge in [0.05, 0.1) is 11.0 Å². The first-order chi connectivity index (χ1) is 9.49. The van der Waals surface area contributed by atoms with Gasteiger partial charge >= 0.3 is 0 Å². The highest BCUT2D eigenvalue weighted by atomic mass is 35.5. The van der Waals surface area contributed by atoms with Crippen LogP contribution in [0.2, 0.25) is 5.02 Å². The molecule has 9 heteroatoms. The van der Waals surface area contributed by atoms with Crippen LogP contribution in [0, 0.1) is 10.1 Å². The second kappa shape index (κ2) is 5.66. The number of carbonyl (C=O) groups excluding carboxylic acids is 1. The molecule has 0 fully saturated rings. The Kier molecular flexibility index (Phi) is 3.94. The Labute approximate surface area is 118 Å². The number of nitro benzene ring substituents is 1. The minimum absolute atomic E-state index is 0.0880. The molecule has 0 spiro atoms. The molecule has 0 aliphatic carbocycles. The van der Waals surface area contributed by atoms with Crippen LogP contribution in [0.15, 0.2) is 24.5 Å². The second-order valence-corrected chi connectivity index (χ2v) is 4.40. The van der Waals surface area contributed by atoms with Gasteiger partial charge in [-0.1, -0.05) is 11.6 Å². The highest BCUT2D eigenvalue weighted by Crippen LogP contribution is 2.25. The lowest BCUT2D eigenvalue weighted by Gasteiger charge is -2.11. The molecule has 104 valence electrons. The van der Waals surface area contributed by atoms with Crippen LogP contribution in [0.3, 0.4) is 0 Å². The van der Waals surface area contributed by atoms with Crippen molar-refractivity contribution in [3.8, 4) is 0 Å². The summed E-state index contributed by atoms with van der Waals surface area (Å²) >= 11 is 5.75. The molecule has 0 aliphatic rings. The summed E-state index contributed by atoms with van der Waals surface area (Å²) < 4.78 is 0. The molecule has 0 aliphatic heterocycles. The third-order valence-electron chi connectivity index (χ3n) is 2.60. The van der Waals surface area contributed by atoms with Crippen molar-refractivity contribution in [1.29, 1.82) is 0 Å². The van der Waals surface area contributed by atoms with E-state index in [4.69, 9.17) is 11.6 Å².